The second-order valence-electron chi connectivity index (χ2n) is 11.5. The largest absolute Gasteiger partial charge is 0.504 e. The average Bonchev–Trinajstić information content (AvgIpc) is 3.59. The summed E-state index contributed by atoms with van der Waals surface area (Å²) < 4.78 is 6.76. The fourth-order valence-corrected chi connectivity index (χ4v) is 8.15. The highest BCUT2D eigenvalue weighted by atomic mass is 16.5. The summed E-state index contributed by atoms with van der Waals surface area (Å²) in [7, 11) is 0. The maximum absolute atomic E-state index is 12.8. The molecule has 5 aliphatic rings. The van der Waals surface area contributed by atoms with Gasteiger partial charge in [-0.15, -0.1) is 0 Å². The molecule has 184 valence electrons. The molecular formula is C29H35N3O3. The lowest BCUT2D eigenvalue weighted by atomic mass is 9.46. The maximum Gasteiger partial charge on any atom is 0.217 e. The third-order valence-electron chi connectivity index (χ3n) is 9.63. The van der Waals surface area contributed by atoms with Crippen LogP contribution in [-0.4, -0.2) is 52.7 Å². The van der Waals surface area contributed by atoms with Gasteiger partial charge in [-0.25, -0.2) is 0 Å². The Morgan fingerprint density at radius 2 is 1.97 bits per heavy atom. The Morgan fingerprint density at radius 1 is 1.14 bits per heavy atom. The van der Waals surface area contributed by atoms with Crippen molar-refractivity contribution in [2.75, 3.05) is 13.1 Å². The van der Waals surface area contributed by atoms with E-state index >= 15 is 0 Å². The fraction of sp³-hybridized carbons (Fsp3) is 0.552. The zero-order valence-electron chi connectivity index (χ0n) is 20.4. The van der Waals surface area contributed by atoms with Gasteiger partial charge in [-0.2, -0.15) is 0 Å². The minimum atomic E-state index is -0.381. The van der Waals surface area contributed by atoms with E-state index < -0.39 is 0 Å². The molecule has 2 saturated carbocycles. The van der Waals surface area contributed by atoms with Crippen molar-refractivity contribution >= 4 is 5.91 Å². The second-order valence-corrected chi connectivity index (χ2v) is 11.5. The lowest BCUT2D eigenvalue weighted by Gasteiger charge is -2.66. The van der Waals surface area contributed by atoms with E-state index in [0.29, 0.717) is 5.75 Å². The number of rotatable bonds is 6. The zero-order chi connectivity index (χ0) is 23.8. The first-order valence-corrected chi connectivity index (χ1v) is 13.3. The predicted molar refractivity (Wildman–Crippen MR) is 133 cm³/mol. The van der Waals surface area contributed by atoms with Gasteiger partial charge in [0, 0.05) is 37.7 Å². The Kier molecular flexibility index (Phi) is 4.78. The molecule has 35 heavy (non-hydrogen) atoms. The van der Waals surface area contributed by atoms with Gasteiger partial charge in [-0.3, -0.25) is 9.69 Å². The summed E-state index contributed by atoms with van der Waals surface area (Å²) >= 11 is 0. The topological polar surface area (TPSA) is 73.8 Å². The van der Waals surface area contributed by atoms with Crippen molar-refractivity contribution in [1.82, 2.24) is 15.5 Å². The number of hydrogen-bond donors (Lipinski definition) is 3. The third kappa shape index (κ3) is 3.05. The number of aromatic hydroxyl groups is 1. The van der Waals surface area contributed by atoms with Crippen LogP contribution in [0, 0.1) is 5.92 Å². The number of likely N-dealkylation sites (tertiary alicyclic amines) is 1. The Labute approximate surface area is 207 Å². The molecule has 3 fully saturated rings. The van der Waals surface area contributed by atoms with Gasteiger partial charge < -0.3 is 20.5 Å². The lowest BCUT2D eigenvalue weighted by Crippen LogP contribution is -2.82. The molecule has 2 heterocycles. The van der Waals surface area contributed by atoms with Crippen LogP contribution < -0.4 is 15.4 Å². The number of benzene rings is 2. The van der Waals surface area contributed by atoms with Crippen molar-refractivity contribution in [1.29, 1.82) is 0 Å². The summed E-state index contributed by atoms with van der Waals surface area (Å²) in [6.07, 6.45) is 6.21. The van der Waals surface area contributed by atoms with E-state index in [1.807, 2.05) is 6.07 Å². The Morgan fingerprint density at radius 3 is 2.74 bits per heavy atom. The van der Waals surface area contributed by atoms with Crippen LogP contribution in [-0.2, 0) is 23.2 Å². The SMILES string of the molecule is CC(=O)N[C@@]12CC[C@H](NCc3ccccc3)[C@@H]3Oc4c(O)ccc5c4[C@@]31CCN(CC1CC1)[C@@H]2C5. The number of carbonyl (C=O) groups is 1. The summed E-state index contributed by atoms with van der Waals surface area (Å²) in [6.45, 7) is 4.59. The molecule has 6 heteroatoms. The van der Waals surface area contributed by atoms with Crippen LogP contribution in [0.15, 0.2) is 42.5 Å². The lowest BCUT2D eigenvalue weighted by molar-refractivity contribution is -0.135. The van der Waals surface area contributed by atoms with Gasteiger partial charge in [-0.1, -0.05) is 36.4 Å². The van der Waals surface area contributed by atoms with E-state index in [2.05, 4.69) is 45.9 Å². The Balaban J connectivity index is 1.34. The molecule has 5 atom stereocenters. The number of carbonyl (C=O) groups excluding carboxylic acids is 1. The summed E-state index contributed by atoms with van der Waals surface area (Å²) in [5.74, 6) is 1.72. The van der Waals surface area contributed by atoms with E-state index in [4.69, 9.17) is 4.74 Å². The van der Waals surface area contributed by atoms with Gasteiger partial charge >= 0.3 is 0 Å². The summed E-state index contributed by atoms with van der Waals surface area (Å²) in [5.41, 5.74) is 2.99. The smallest absolute Gasteiger partial charge is 0.217 e. The molecule has 3 N–H and O–H groups in total. The highest BCUT2D eigenvalue weighted by Crippen LogP contribution is 2.65. The van der Waals surface area contributed by atoms with Crippen molar-refractivity contribution in [3.05, 3.63) is 59.2 Å². The maximum atomic E-state index is 12.8. The van der Waals surface area contributed by atoms with E-state index in [-0.39, 0.29) is 40.8 Å². The second kappa shape index (κ2) is 7.71. The van der Waals surface area contributed by atoms with Gasteiger partial charge in [0.1, 0.15) is 6.10 Å². The van der Waals surface area contributed by atoms with E-state index in [9.17, 15) is 9.90 Å². The van der Waals surface area contributed by atoms with Gasteiger partial charge in [0.15, 0.2) is 11.5 Å². The molecule has 2 aliphatic heterocycles. The number of phenols is 1. The van der Waals surface area contributed by atoms with Gasteiger partial charge in [0.2, 0.25) is 5.91 Å². The van der Waals surface area contributed by atoms with Crippen LogP contribution in [0.4, 0.5) is 0 Å². The molecular weight excluding hydrogens is 438 g/mol. The summed E-state index contributed by atoms with van der Waals surface area (Å²) in [6, 6.07) is 14.8. The standard InChI is InChI=1S/C29H35N3O3/c1-18(33)31-29-12-11-22(30-16-19-5-3-2-4-6-19)27-28(29)13-14-32(17-20-7-8-20)24(29)15-21-9-10-23(34)26(35-27)25(21)28/h2-6,9-10,20,22,24,27,30,34H,7-8,11-17H2,1H3,(H,31,33)/t22-,24+,27-,28-,29+/m0/s1. The van der Waals surface area contributed by atoms with Crippen LogP contribution in [0.25, 0.3) is 0 Å². The number of nitrogens with one attached hydrogen (secondary N) is 2. The molecule has 6 nitrogen and oxygen atoms in total. The first-order chi connectivity index (χ1) is 17.0. The zero-order valence-corrected chi connectivity index (χ0v) is 20.4. The first kappa shape index (κ1) is 21.7. The Hall–Kier alpha value is -2.57. The first-order valence-electron chi connectivity index (χ1n) is 13.3. The van der Waals surface area contributed by atoms with Crippen molar-refractivity contribution in [2.45, 2.75) is 81.1 Å². The van der Waals surface area contributed by atoms with Crippen molar-refractivity contribution in [3.8, 4) is 11.5 Å². The molecule has 0 aromatic heterocycles. The summed E-state index contributed by atoms with van der Waals surface area (Å²) in [5, 5.41) is 18.3. The summed E-state index contributed by atoms with van der Waals surface area (Å²) in [4.78, 5) is 15.5. The van der Waals surface area contributed by atoms with Crippen LogP contribution in [0.2, 0.25) is 0 Å². The number of phenolic OH excluding ortho intramolecular Hbond substituents is 1. The van der Waals surface area contributed by atoms with Crippen molar-refractivity contribution in [2.24, 2.45) is 5.92 Å². The molecule has 0 radical (unpaired) electrons. The highest BCUT2D eigenvalue weighted by Gasteiger charge is 2.73. The minimum Gasteiger partial charge on any atom is -0.504 e. The van der Waals surface area contributed by atoms with Crippen LogP contribution in [0.1, 0.15) is 55.7 Å². The Bertz CT molecular complexity index is 1170. The monoisotopic (exact) mass is 473 g/mol. The quantitative estimate of drug-likeness (QED) is 0.601. The van der Waals surface area contributed by atoms with E-state index in [1.165, 1.54) is 29.5 Å². The molecule has 1 amide bonds. The normalized spacial score (nSPS) is 34.7. The van der Waals surface area contributed by atoms with Gasteiger partial charge in [0.05, 0.1) is 11.0 Å². The van der Waals surface area contributed by atoms with Crippen molar-refractivity contribution in [3.63, 3.8) is 0 Å². The fourth-order valence-electron chi connectivity index (χ4n) is 8.15. The predicted octanol–water partition coefficient (Wildman–Crippen LogP) is 3.26. The number of piperidine rings is 1. The molecule has 3 aliphatic carbocycles. The van der Waals surface area contributed by atoms with Crippen LogP contribution in [0.3, 0.4) is 0 Å². The number of ether oxygens (including phenoxy) is 1. The highest BCUT2D eigenvalue weighted by molar-refractivity contribution is 5.76. The molecule has 0 unspecified atom stereocenters. The average molecular weight is 474 g/mol. The molecule has 1 saturated heterocycles. The minimum absolute atomic E-state index is 0.0362. The molecule has 2 aromatic carbocycles. The van der Waals surface area contributed by atoms with Crippen molar-refractivity contribution < 1.29 is 14.6 Å². The van der Waals surface area contributed by atoms with Crippen LogP contribution in [0.5, 0.6) is 11.5 Å². The van der Waals surface area contributed by atoms with Gasteiger partial charge in [0.25, 0.3) is 0 Å². The van der Waals surface area contributed by atoms with Gasteiger partial charge in [-0.05, 0) is 68.2 Å². The number of nitrogens with zero attached hydrogens (tertiary/aromatic N) is 1. The third-order valence-corrected chi connectivity index (χ3v) is 9.63. The molecule has 7 rings (SSSR count). The van der Waals surface area contributed by atoms with E-state index in [0.717, 1.165) is 51.2 Å². The number of hydrogen-bond acceptors (Lipinski definition) is 5. The molecule has 2 aromatic rings. The van der Waals surface area contributed by atoms with Crippen LogP contribution >= 0.6 is 0 Å². The van der Waals surface area contributed by atoms with E-state index in [1.54, 1.807) is 13.0 Å². The molecule has 2 bridgehead atoms. The number of amides is 1. The molecule has 1 spiro atoms.